The summed E-state index contributed by atoms with van der Waals surface area (Å²) in [5.74, 6) is -0.0790. The first-order valence-corrected chi connectivity index (χ1v) is 6.43. The normalized spacial score (nSPS) is 28.2. The van der Waals surface area contributed by atoms with Gasteiger partial charge in [-0.05, 0) is 13.8 Å². The third-order valence-corrected chi connectivity index (χ3v) is 3.60. The molecule has 0 unspecified atom stereocenters. The molecule has 0 aromatic rings. The molecule has 19 heavy (non-hydrogen) atoms. The van der Waals surface area contributed by atoms with Gasteiger partial charge in [0.25, 0.3) is 5.91 Å². The summed E-state index contributed by atoms with van der Waals surface area (Å²) < 4.78 is 21.4. The van der Waals surface area contributed by atoms with Gasteiger partial charge >= 0.3 is 0 Å². The summed E-state index contributed by atoms with van der Waals surface area (Å²) in [4.78, 5) is 11.9. The van der Waals surface area contributed by atoms with Gasteiger partial charge in [-0.1, -0.05) is 0 Å². The quantitative estimate of drug-likeness (QED) is 0.750. The number of hydrogen-bond acceptors (Lipinski definition) is 5. The van der Waals surface area contributed by atoms with Crippen molar-refractivity contribution in [2.24, 2.45) is 5.92 Å². The molecule has 0 saturated carbocycles. The maximum absolute atomic E-state index is 11.9. The van der Waals surface area contributed by atoms with Gasteiger partial charge in [0.15, 0.2) is 0 Å². The summed E-state index contributed by atoms with van der Waals surface area (Å²) in [6.07, 6.45) is -0.180. The second-order valence-corrected chi connectivity index (χ2v) is 5.20. The minimum atomic E-state index is -0.835. The molecule has 0 radical (unpaired) electrons. The van der Waals surface area contributed by atoms with Gasteiger partial charge < -0.3 is 24.3 Å². The van der Waals surface area contributed by atoms with Gasteiger partial charge in [0.05, 0.1) is 19.3 Å². The van der Waals surface area contributed by atoms with E-state index in [1.807, 2.05) is 0 Å². The van der Waals surface area contributed by atoms with Gasteiger partial charge in [-0.25, -0.2) is 0 Å². The molecule has 6 nitrogen and oxygen atoms in total. The molecular weight excluding hydrogens is 250 g/mol. The van der Waals surface area contributed by atoms with Crippen LogP contribution in [-0.2, 0) is 23.7 Å². The Kier molecular flexibility index (Phi) is 6.19. The standard InChI is InChI=1S/C13H25NO5/c1-13(2,18-5)12(15)14-6-9-7-19-8-10(16-3)11(9)17-4/h9-11H,6-8H2,1-5H3,(H,14,15)/t9-,10-,11+/m1/s1. The highest BCUT2D eigenvalue weighted by Gasteiger charge is 2.35. The van der Waals surface area contributed by atoms with Crippen LogP contribution in [0.2, 0.25) is 0 Å². The average Bonchev–Trinajstić information content (AvgIpc) is 2.43. The van der Waals surface area contributed by atoms with Gasteiger partial charge in [0.2, 0.25) is 0 Å². The van der Waals surface area contributed by atoms with Crippen molar-refractivity contribution in [2.75, 3.05) is 41.1 Å². The number of nitrogens with one attached hydrogen (secondary N) is 1. The number of ether oxygens (including phenoxy) is 4. The fraction of sp³-hybridized carbons (Fsp3) is 0.923. The van der Waals surface area contributed by atoms with Crippen molar-refractivity contribution in [2.45, 2.75) is 31.7 Å². The van der Waals surface area contributed by atoms with E-state index in [1.165, 1.54) is 7.11 Å². The monoisotopic (exact) mass is 275 g/mol. The van der Waals surface area contributed by atoms with E-state index in [-0.39, 0.29) is 24.0 Å². The Labute approximate surface area is 114 Å². The fourth-order valence-electron chi connectivity index (χ4n) is 2.08. The zero-order valence-corrected chi connectivity index (χ0v) is 12.4. The molecule has 0 aliphatic carbocycles. The number of methoxy groups -OCH3 is 3. The van der Waals surface area contributed by atoms with E-state index >= 15 is 0 Å². The summed E-state index contributed by atoms with van der Waals surface area (Å²) in [7, 11) is 4.80. The zero-order valence-electron chi connectivity index (χ0n) is 12.4. The van der Waals surface area contributed by atoms with E-state index in [1.54, 1.807) is 28.1 Å². The molecule has 1 aliphatic rings. The van der Waals surface area contributed by atoms with Crippen LogP contribution in [0.1, 0.15) is 13.8 Å². The Morgan fingerprint density at radius 2 is 1.95 bits per heavy atom. The molecule has 6 heteroatoms. The molecule has 1 saturated heterocycles. The van der Waals surface area contributed by atoms with Gasteiger partial charge in [-0.15, -0.1) is 0 Å². The molecule has 112 valence electrons. The molecule has 0 aromatic heterocycles. The number of carbonyl (C=O) groups excluding carboxylic acids is 1. The van der Waals surface area contributed by atoms with Crippen LogP contribution in [0.15, 0.2) is 0 Å². The number of carbonyl (C=O) groups is 1. The van der Waals surface area contributed by atoms with Crippen LogP contribution < -0.4 is 5.32 Å². The second kappa shape index (κ2) is 7.19. The highest BCUT2D eigenvalue weighted by molar-refractivity contribution is 5.84. The average molecular weight is 275 g/mol. The van der Waals surface area contributed by atoms with Crippen LogP contribution in [0.5, 0.6) is 0 Å². The van der Waals surface area contributed by atoms with Crippen molar-refractivity contribution in [1.29, 1.82) is 0 Å². The van der Waals surface area contributed by atoms with E-state index in [2.05, 4.69) is 5.32 Å². The van der Waals surface area contributed by atoms with Crippen molar-refractivity contribution in [3.05, 3.63) is 0 Å². The first-order valence-electron chi connectivity index (χ1n) is 6.43. The summed E-state index contributed by atoms with van der Waals surface area (Å²) in [6.45, 7) is 5.00. The minimum Gasteiger partial charge on any atom is -0.378 e. The summed E-state index contributed by atoms with van der Waals surface area (Å²) in [5.41, 5.74) is -0.835. The lowest BCUT2D eigenvalue weighted by atomic mass is 9.95. The molecule has 1 aliphatic heterocycles. The number of rotatable bonds is 6. The SMILES string of the molecule is CO[C@H]1[C@H](CNC(=O)C(C)(C)OC)COC[C@H]1OC. The fourth-order valence-corrected chi connectivity index (χ4v) is 2.08. The topological polar surface area (TPSA) is 66.0 Å². The molecule has 1 fully saturated rings. The maximum atomic E-state index is 11.9. The van der Waals surface area contributed by atoms with Crippen molar-refractivity contribution < 1.29 is 23.7 Å². The zero-order chi connectivity index (χ0) is 14.5. The first kappa shape index (κ1) is 16.4. The summed E-state index contributed by atoms with van der Waals surface area (Å²) in [6, 6.07) is 0. The molecular formula is C13H25NO5. The van der Waals surface area contributed by atoms with Crippen molar-refractivity contribution in [1.82, 2.24) is 5.32 Å². The highest BCUT2D eigenvalue weighted by atomic mass is 16.6. The Morgan fingerprint density at radius 1 is 1.26 bits per heavy atom. The van der Waals surface area contributed by atoms with Crippen LogP contribution in [0.25, 0.3) is 0 Å². The molecule has 0 spiro atoms. The molecule has 1 N–H and O–H groups in total. The molecule has 0 aromatic carbocycles. The smallest absolute Gasteiger partial charge is 0.251 e. The van der Waals surface area contributed by atoms with Crippen molar-refractivity contribution >= 4 is 5.91 Å². The van der Waals surface area contributed by atoms with Crippen LogP contribution in [0, 0.1) is 5.92 Å². The first-order chi connectivity index (χ1) is 8.96. The van der Waals surface area contributed by atoms with Crippen molar-refractivity contribution in [3.8, 4) is 0 Å². The van der Waals surface area contributed by atoms with Crippen molar-refractivity contribution in [3.63, 3.8) is 0 Å². The lowest BCUT2D eigenvalue weighted by Gasteiger charge is -2.36. The van der Waals surface area contributed by atoms with E-state index in [9.17, 15) is 4.79 Å². The van der Waals surface area contributed by atoms with E-state index < -0.39 is 5.60 Å². The third kappa shape index (κ3) is 4.14. The molecule has 1 heterocycles. The lowest BCUT2D eigenvalue weighted by Crippen LogP contribution is -2.52. The van der Waals surface area contributed by atoms with E-state index in [0.717, 1.165) is 0 Å². The molecule has 0 bridgehead atoms. The van der Waals surface area contributed by atoms with Gasteiger partial charge in [0, 0.05) is 33.8 Å². The lowest BCUT2D eigenvalue weighted by molar-refractivity contribution is -0.151. The van der Waals surface area contributed by atoms with Crippen LogP contribution in [0.4, 0.5) is 0 Å². The predicted molar refractivity (Wildman–Crippen MR) is 70.0 cm³/mol. The Balaban J connectivity index is 2.53. The summed E-state index contributed by atoms with van der Waals surface area (Å²) in [5, 5.41) is 2.87. The minimum absolute atomic E-state index is 0.0697. The van der Waals surface area contributed by atoms with Crippen LogP contribution >= 0.6 is 0 Å². The second-order valence-electron chi connectivity index (χ2n) is 5.20. The van der Waals surface area contributed by atoms with E-state index in [0.29, 0.717) is 19.8 Å². The predicted octanol–water partition coefficient (Wildman–Crippen LogP) is 0.204. The Bertz CT molecular complexity index is 295. The van der Waals surface area contributed by atoms with Crippen LogP contribution in [0.3, 0.4) is 0 Å². The van der Waals surface area contributed by atoms with Gasteiger partial charge in [-0.2, -0.15) is 0 Å². The summed E-state index contributed by atoms with van der Waals surface area (Å²) >= 11 is 0. The largest absolute Gasteiger partial charge is 0.378 e. The molecule has 1 amide bonds. The van der Waals surface area contributed by atoms with Crippen LogP contribution in [-0.4, -0.2) is 64.8 Å². The Morgan fingerprint density at radius 3 is 2.47 bits per heavy atom. The third-order valence-electron chi connectivity index (χ3n) is 3.60. The number of hydrogen-bond donors (Lipinski definition) is 1. The van der Waals surface area contributed by atoms with Gasteiger partial charge in [0.1, 0.15) is 11.7 Å². The highest BCUT2D eigenvalue weighted by Crippen LogP contribution is 2.20. The Hall–Kier alpha value is -0.690. The van der Waals surface area contributed by atoms with Gasteiger partial charge in [-0.3, -0.25) is 4.79 Å². The maximum Gasteiger partial charge on any atom is 0.251 e. The molecule has 3 atom stereocenters. The number of amides is 1. The van der Waals surface area contributed by atoms with E-state index in [4.69, 9.17) is 18.9 Å². The molecule has 1 rings (SSSR count).